The molecular formula is C15H13Cl2NO3. The molecule has 0 radical (unpaired) electrons. The third-order valence-electron chi connectivity index (χ3n) is 2.71. The highest BCUT2D eigenvalue weighted by Gasteiger charge is 2.16. The third-order valence-corrected chi connectivity index (χ3v) is 3.20. The number of phenolic OH excluding ortho intramolecular Hbond substituents is 1. The van der Waals surface area contributed by atoms with E-state index in [2.05, 4.69) is 5.32 Å². The predicted molar refractivity (Wildman–Crippen MR) is 83.3 cm³/mol. The number of amides is 1. The van der Waals surface area contributed by atoms with E-state index in [4.69, 9.17) is 27.9 Å². The third kappa shape index (κ3) is 4.28. The number of ether oxygens (including phenoxy) is 1. The van der Waals surface area contributed by atoms with Gasteiger partial charge in [0.25, 0.3) is 5.91 Å². The highest BCUT2D eigenvalue weighted by atomic mass is 35.5. The molecule has 0 saturated carbocycles. The molecule has 1 atom stereocenters. The van der Waals surface area contributed by atoms with Crippen molar-refractivity contribution in [3.63, 3.8) is 0 Å². The standard InChI is InChI=1S/C15H13Cl2NO3/c1-9(21-12-5-2-10(16)3-6-12)15(20)18-13-8-11(17)4-7-14(13)19/h2-9,19H,1H3,(H,18,20). The summed E-state index contributed by atoms with van der Waals surface area (Å²) in [4.78, 5) is 12.0. The van der Waals surface area contributed by atoms with Crippen LogP contribution in [0.25, 0.3) is 0 Å². The predicted octanol–water partition coefficient (Wildman–Crippen LogP) is 4.11. The summed E-state index contributed by atoms with van der Waals surface area (Å²) in [5.41, 5.74) is 0.235. The summed E-state index contributed by atoms with van der Waals surface area (Å²) in [6.45, 7) is 1.60. The normalized spacial score (nSPS) is 11.8. The number of carbonyl (C=O) groups excluding carboxylic acids is 1. The summed E-state index contributed by atoms with van der Waals surface area (Å²) in [6.07, 6.45) is -0.746. The van der Waals surface area contributed by atoms with Crippen molar-refractivity contribution in [2.45, 2.75) is 13.0 Å². The highest BCUT2D eigenvalue weighted by Crippen LogP contribution is 2.27. The molecule has 2 rings (SSSR count). The van der Waals surface area contributed by atoms with Gasteiger partial charge in [0.15, 0.2) is 6.10 Å². The topological polar surface area (TPSA) is 58.6 Å². The molecule has 2 aromatic carbocycles. The van der Waals surface area contributed by atoms with E-state index >= 15 is 0 Å². The van der Waals surface area contributed by atoms with Gasteiger partial charge in [-0.3, -0.25) is 4.79 Å². The largest absolute Gasteiger partial charge is 0.506 e. The molecule has 2 aromatic rings. The first-order valence-corrected chi connectivity index (χ1v) is 6.93. The first kappa shape index (κ1) is 15.5. The minimum absolute atomic E-state index is 0.0635. The van der Waals surface area contributed by atoms with Crippen molar-refractivity contribution in [2.75, 3.05) is 5.32 Å². The van der Waals surface area contributed by atoms with Gasteiger partial charge in [-0.05, 0) is 49.4 Å². The number of nitrogens with one attached hydrogen (secondary N) is 1. The van der Waals surface area contributed by atoms with Gasteiger partial charge in [0.05, 0.1) is 5.69 Å². The smallest absolute Gasteiger partial charge is 0.265 e. The molecule has 21 heavy (non-hydrogen) atoms. The van der Waals surface area contributed by atoms with E-state index in [0.29, 0.717) is 15.8 Å². The Morgan fingerprint density at radius 3 is 2.43 bits per heavy atom. The van der Waals surface area contributed by atoms with Crippen molar-refractivity contribution in [1.29, 1.82) is 0 Å². The molecule has 4 nitrogen and oxygen atoms in total. The highest BCUT2D eigenvalue weighted by molar-refractivity contribution is 6.31. The van der Waals surface area contributed by atoms with Crippen molar-refractivity contribution >= 4 is 34.8 Å². The van der Waals surface area contributed by atoms with Crippen LogP contribution < -0.4 is 10.1 Å². The Kier molecular flexibility index (Phi) is 4.94. The Labute approximate surface area is 132 Å². The number of hydrogen-bond donors (Lipinski definition) is 2. The summed E-state index contributed by atoms with van der Waals surface area (Å²) in [5.74, 6) is 0.0614. The van der Waals surface area contributed by atoms with Crippen LogP contribution in [0.3, 0.4) is 0 Å². The van der Waals surface area contributed by atoms with Crippen LogP contribution in [0, 0.1) is 0 Å². The number of halogens is 2. The van der Waals surface area contributed by atoms with Crippen LogP contribution in [-0.4, -0.2) is 17.1 Å². The van der Waals surface area contributed by atoms with Gasteiger partial charge in [-0.25, -0.2) is 0 Å². The maximum atomic E-state index is 12.0. The lowest BCUT2D eigenvalue weighted by molar-refractivity contribution is -0.122. The molecule has 0 bridgehead atoms. The lowest BCUT2D eigenvalue weighted by Crippen LogP contribution is -2.30. The molecule has 110 valence electrons. The zero-order valence-corrected chi connectivity index (χ0v) is 12.7. The number of rotatable bonds is 4. The average Bonchev–Trinajstić information content (AvgIpc) is 2.45. The van der Waals surface area contributed by atoms with Gasteiger partial charge >= 0.3 is 0 Å². The maximum absolute atomic E-state index is 12.0. The molecule has 0 saturated heterocycles. The summed E-state index contributed by atoms with van der Waals surface area (Å²) >= 11 is 11.6. The minimum atomic E-state index is -0.746. The average molecular weight is 326 g/mol. The van der Waals surface area contributed by atoms with Crippen molar-refractivity contribution in [1.82, 2.24) is 0 Å². The van der Waals surface area contributed by atoms with Crippen LogP contribution in [-0.2, 0) is 4.79 Å². The second kappa shape index (κ2) is 6.70. The van der Waals surface area contributed by atoms with E-state index in [0.717, 1.165) is 0 Å². The van der Waals surface area contributed by atoms with E-state index in [9.17, 15) is 9.90 Å². The number of benzene rings is 2. The van der Waals surface area contributed by atoms with Crippen LogP contribution in [0.15, 0.2) is 42.5 Å². The number of carbonyl (C=O) groups is 1. The molecule has 2 N–H and O–H groups in total. The Balaban J connectivity index is 2.02. The van der Waals surface area contributed by atoms with E-state index in [1.165, 1.54) is 18.2 Å². The van der Waals surface area contributed by atoms with Crippen LogP contribution >= 0.6 is 23.2 Å². The summed E-state index contributed by atoms with van der Waals surface area (Å²) in [5, 5.41) is 13.2. The van der Waals surface area contributed by atoms with E-state index in [1.54, 1.807) is 31.2 Å². The second-order valence-corrected chi connectivity index (χ2v) is 5.24. The van der Waals surface area contributed by atoms with E-state index in [-0.39, 0.29) is 11.4 Å². The fraction of sp³-hybridized carbons (Fsp3) is 0.133. The summed E-state index contributed by atoms with van der Waals surface area (Å²) in [7, 11) is 0. The van der Waals surface area contributed by atoms with Crippen LogP contribution in [0.4, 0.5) is 5.69 Å². The minimum Gasteiger partial charge on any atom is -0.506 e. The van der Waals surface area contributed by atoms with Crippen molar-refractivity contribution < 1.29 is 14.6 Å². The molecule has 1 amide bonds. The fourth-order valence-corrected chi connectivity index (χ4v) is 1.91. The molecule has 0 heterocycles. The number of phenols is 1. The molecule has 0 spiro atoms. The zero-order chi connectivity index (χ0) is 15.4. The quantitative estimate of drug-likeness (QED) is 0.832. The second-order valence-electron chi connectivity index (χ2n) is 4.36. The van der Waals surface area contributed by atoms with Gasteiger partial charge in [0.2, 0.25) is 0 Å². The lowest BCUT2D eigenvalue weighted by Gasteiger charge is -2.15. The van der Waals surface area contributed by atoms with Gasteiger partial charge < -0.3 is 15.2 Å². The van der Waals surface area contributed by atoms with Crippen LogP contribution in [0.5, 0.6) is 11.5 Å². The molecule has 0 aliphatic carbocycles. The molecule has 0 aromatic heterocycles. The lowest BCUT2D eigenvalue weighted by atomic mass is 10.2. The zero-order valence-electron chi connectivity index (χ0n) is 11.1. The van der Waals surface area contributed by atoms with E-state index in [1.807, 2.05) is 0 Å². The SMILES string of the molecule is CC(Oc1ccc(Cl)cc1)C(=O)Nc1cc(Cl)ccc1O. The molecule has 6 heteroatoms. The van der Waals surface area contributed by atoms with Gasteiger partial charge in [0.1, 0.15) is 11.5 Å². The fourth-order valence-electron chi connectivity index (χ4n) is 1.61. The van der Waals surface area contributed by atoms with Crippen LogP contribution in [0.2, 0.25) is 10.0 Å². The van der Waals surface area contributed by atoms with Crippen molar-refractivity contribution in [2.24, 2.45) is 0 Å². The first-order valence-electron chi connectivity index (χ1n) is 6.17. The van der Waals surface area contributed by atoms with Crippen molar-refractivity contribution in [3.8, 4) is 11.5 Å². The maximum Gasteiger partial charge on any atom is 0.265 e. The number of anilines is 1. The number of hydrogen-bond acceptors (Lipinski definition) is 3. The van der Waals surface area contributed by atoms with Gasteiger partial charge in [0, 0.05) is 10.0 Å². The molecule has 0 aliphatic rings. The Morgan fingerprint density at radius 2 is 1.76 bits per heavy atom. The Bertz CT molecular complexity index is 644. The Morgan fingerprint density at radius 1 is 1.14 bits per heavy atom. The van der Waals surface area contributed by atoms with Gasteiger partial charge in [-0.2, -0.15) is 0 Å². The van der Waals surface area contributed by atoms with Gasteiger partial charge in [-0.1, -0.05) is 23.2 Å². The first-order chi connectivity index (χ1) is 9.95. The van der Waals surface area contributed by atoms with E-state index < -0.39 is 12.0 Å². The monoisotopic (exact) mass is 325 g/mol. The molecule has 0 aliphatic heterocycles. The number of aromatic hydroxyl groups is 1. The van der Waals surface area contributed by atoms with Gasteiger partial charge in [-0.15, -0.1) is 0 Å². The summed E-state index contributed by atoms with van der Waals surface area (Å²) in [6, 6.07) is 11.1. The Hall–Kier alpha value is -1.91. The molecule has 0 fully saturated rings. The van der Waals surface area contributed by atoms with Crippen LogP contribution in [0.1, 0.15) is 6.92 Å². The molecular weight excluding hydrogens is 313 g/mol. The van der Waals surface area contributed by atoms with Crippen molar-refractivity contribution in [3.05, 3.63) is 52.5 Å². The molecule has 1 unspecified atom stereocenters. The summed E-state index contributed by atoms with van der Waals surface area (Å²) < 4.78 is 5.49.